The average Bonchev–Trinajstić information content (AvgIpc) is 2.86. The lowest BCUT2D eigenvalue weighted by molar-refractivity contribution is -0.380. The van der Waals surface area contributed by atoms with E-state index in [0.717, 1.165) is 6.92 Å². The number of carbonyl (C=O) groups is 1. The molecule has 15 atom stereocenters. The third-order valence-corrected chi connectivity index (χ3v) is 6.50. The maximum absolute atomic E-state index is 11.7. The molecule has 0 radical (unpaired) electrons. The lowest BCUT2D eigenvalue weighted by Gasteiger charge is -2.48. The van der Waals surface area contributed by atoms with E-state index in [1.807, 2.05) is 0 Å². The summed E-state index contributed by atoms with van der Waals surface area (Å²) in [6, 6.07) is -1.45. The lowest BCUT2D eigenvalue weighted by Crippen LogP contribution is -2.68. The van der Waals surface area contributed by atoms with Crippen molar-refractivity contribution in [2.45, 2.75) is 99.0 Å². The van der Waals surface area contributed by atoms with Crippen LogP contribution in [0.5, 0.6) is 0 Å². The Hall–Kier alpha value is -1.13. The van der Waals surface area contributed by atoms with Crippen molar-refractivity contribution in [2.24, 2.45) is 0 Å². The summed E-state index contributed by atoms with van der Waals surface area (Å²) in [5, 5.41) is 103. The monoisotopic (exact) mass is 545 g/mol. The number of amides is 1. The molecule has 3 fully saturated rings. The van der Waals surface area contributed by atoms with Crippen LogP contribution >= 0.6 is 0 Å². The molecular formula is C20H35NO16. The van der Waals surface area contributed by atoms with Gasteiger partial charge in [0.05, 0.1) is 19.8 Å². The van der Waals surface area contributed by atoms with Crippen LogP contribution in [-0.4, -0.2) is 169 Å². The minimum absolute atomic E-state index is 0.665. The van der Waals surface area contributed by atoms with Gasteiger partial charge in [0, 0.05) is 6.92 Å². The van der Waals surface area contributed by atoms with Crippen molar-refractivity contribution in [2.75, 3.05) is 19.8 Å². The van der Waals surface area contributed by atoms with Gasteiger partial charge in [0.2, 0.25) is 5.91 Å². The van der Waals surface area contributed by atoms with E-state index in [-0.39, 0.29) is 0 Å². The highest BCUT2D eigenvalue weighted by molar-refractivity contribution is 5.73. The van der Waals surface area contributed by atoms with Gasteiger partial charge in [-0.05, 0) is 0 Å². The molecule has 216 valence electrons. The summed E-state index contributed by atoms with van der Waals surface area (Å²) in [6.45, 7) is -1.25. The highest BCUT2D eigenvalue weighted by Gasteiger charge is 2.54. The van der Waals surface area contributed by atoms with Crippen molar-refractivity contribution < 1.29 is 79.5 Å². The average molecular weight is 545 g/mol. The standard InChI is InChI=1S/C20H35NO16/c1-5(25)21-9-13(29)10(26)6(2-22)34-19(9)37-17-14(30)11(27)7(3-23)35-20(17)36-16-12(28)8(4-24)33-18(32)15(16)31/h6-20,22-24,26-32H,2-4H2,1H3,(H,21,25)/t6-,7-,8+,9-,10-,11-,12+,13-,14+,15+,16-,17-,18+,19+,20+/m0/s1. The molecule has 3 saturated heterocycles. The van der Waals surface area contributed by atoms with E-state index in [2.05, 4.69) is 5.32 Å². The summed E-state index contributed by atoms with van der Waals surface area (Å²) in [5.41, 5.74) is 0. The number of ether oxygens (including phenoxy) is 5. The molecular weight excluding hydrogens is 510 g/mol. The molecule has 1 amide bonds. The third-order valence-electron chi connectivity index (χ3n) is 6.50. The zero-order chi connectivity index (χ0) is 27.6. The minimum Gasteiger partial charge on any atom is -0.394 e. The number of hydrogen-bond acceptors (Lipinski definition) is 16. The molecule has 0 aromatic rings. The fourth-order valence-electron chi connectivity index (χ4n) is 4.43. The number of nitrogens with one attached hydrogen (secondary N) is 1. The lowest BCUT2D eigenvalue weighted by atomic mass is 9.95. The molecule has 0 aliphatic carbocycles. The first kappa shape index (κ1) is 30.4. The zero-order valence-electron chi connectivity index (χ0n) is 19.7. The summed E-state index contributed by atoms with van der Waals surface area (Å²) in [5.74, 6) is -0.665. The first-order valence-electron chi connectivity index (χ1n) is 11.6. The Morgan fingerprint density at radius 1 is 0.649 bits per heavy atom. The second-order valence-corrected chi connectivity index (χ2v) is 9.07. The maximum Gasteiger partial charge on any atom is 0.217 e. The van der Waals surface area contributed by atoms with Crippen LogP contribution in [0.1, 0.15) is 6.92 Å². The summed E-state index contributed by atoms with van der Waals surface area (Å²) >= 11 is 0. The summed E-state index contributed by atoms with van der Waals surface area (Å²) < 4.78 is 27.1. The zero-order valence-corrected chi connectivity index (χ0v) is 19.7. The van der Waals surface area contributed by atoms with E-state index in [9.17, 15) is 55.9 Å². The molecule has 0 aromatic carbocycles. The Morgan fingerprint density at radius 2 is 1.14 bits per heavy atom. The third kappa shape index (κ3) is 6.38. The number of aliphatic hydroxyl groups is 10. The van der Waals surface area contributed by atoms with Gasteiger partial charge in [0.1, 0.15) is 73.2 Å². The predicted octanol–water partition coefficient (Wildman–Crippen LogP) is -7.43. The number of hydrogen-bond donors (Lipinski definition) is 11. The van der Waals surface area contributed by atoms with Crippen LogP contribution in [0, 0.1) is 0 Å². The Morgan fingerprint density at radius 3 is 1.68 bits per heavy atom. The van der Waals surface area contributed by atoms with Crippen LogP contribution < -0.4 is 5.32 Å². The largest absolute Gasteiger partial charge is 0.394 e. The van der Waals surface area contributed by atoms with Crippen LogP contribution in [0.3, 0.4) is 0 Å². The van der Waals surface area contributed by atoms with Gasteiger partial charge in [0.25, 0.3) is 0 Å². The van der Waals surface area contributed by atoms with Gasteiger partial charge in [0.15, 0.2) is 18.9 Å². The van der Waals surface area contributed by atoms with Gasteiger partial charge in [-0.1, -0.05) is 0 Å². The van der Waals surface area contributed by atoms with Gasteiger partial charge in [-0.15, -0.1) is 0 Å². The van der Waals surface area contributed by atoms with Crippen molar-refractivity contribution in [1.29, 1.82) is 0 Å². The van der Waals surface area contributed by atoms with Crippen molar-refractivity contribution in [3.8, 4) is 0 Å². The molecule has 0 bridgehead atoms. The summed E-state index contributed by atoms with van der Waals surface area (Å²) in [4.78, 5) is 11.7. The fraction of sp³-hybridized carbons (Fsp3) is 0.950. The molecule has 0 unspecified atom stereocenters. The molecule has 3 heterocycles. The highest BCUT2D eigenvalue weighted by Crippen LogP contribution is 2.32. The van der Waals surface area contributed by atoms with Crippen molar-refractivity contribution >= 4 is 5.91 Å². The molecule has 0 aromatic heterocycles. The van der Waals surface area contributed by atoms with Gasteiger partial charge in [-0.3, -0.25) is 4.79 Å². The normalized spacial score (nSPS) is 49.0. The van der Waals surface area contributed by atoms with E-state index in [4.69, 9.17) is 23.7 Å². The number of aliphatic hydroxyl groups excluding tert-OH is 10. The first-order chi connectivity index (χ1) is 17.4. The van der Waals surface area contributed by atoms with E-state index >= 15 is 0 Å². The minimum atomic E-state index is -1.90. The van der Waals surface area contributed by atoms with E-state index < -0.39 is 118 Å². The Bertz CT molecular complexity index is 747. The van der Waals surface area contributed by atoms with Crippen LogP contribution in [0.2, 0.25) is 0 Å². The molecule has 3 aliphatic rings. The van der Waals surface area contributed by atoms with Crippen molar-refractivity contribution in [3.63, 3.8) is 0 Å². The fourth-order valence-corrected chi connectivity index (χ4v) is 4.43. The second-order valence-electron chi connectivity index (χ2n) is 9.07. The Labute approximate surface area is 210 Å². The van der Waals surface area contributed by atoms with E-state index in [1.54, 1.807) is 0 Å². The summed E-state index contributed by atoms with van der Waals surface area (Å²) in [6.07, 6.45) is -23.7. The SMILES string of the molecule is CC(=O)N[C@@H]1[C@@H](O[C@@H]2[C@@H](O[C@@H]3[C@@H](O)[C@H](O)O[C@H](CO)[C@H]3O)O[C@@H](CO)[C@H](O)[C@H]2O)O[C@@H](CO)[C@H](O)[C@H]1O. The molecule has 11 N–H and O–H groups in total. The molecule has 17 nitrogen and oxygen atoms in total. The van der Waals surface area contributed by atoms with Crippen LogP contribution in [0.25, 0.3) is 0 Å². The van der Waals surface area contributed by atoms with Crippen LogP contribution in [0.15, 0.2) is 0 Å². The van der Waals surface area contributed by atoms with Gasteiger partial charge < -0.3 is 80.1 Å². The van der Waals surface area contributed by atoms with Crippen molar-refractivity contribution in [1.82, 2.24) is 5.32 Å². The highest BCUT2D eigenvalue weighted by atomic mass is 16.8. The van der Waals surface area contributed by atoms with Gasteiger partial charge >= 0.3 is 0 Å². The van der Waals surface area contributed by atoms with Gasteiger partial charge in [-0.25, -0.2) is 0 Å². The van der Waals surface area contributed by atoms with Crippen LogP contribution in [0.4, 0.5) is 0 Å². The molecule has 3 aliphatic heterocycles. The molecule has 0 spiro atoms. The van der Waals surface area contributed by atoms with Gasteiger partial charge in [-0.2, -0.15) is 0 Å². The predicted molar refractivity (Wildman–Crippen MR) is 113 cm³/mol. The number of rotatable bonds is 8. The topological polar surface area (TPSA) is 278 Å². The molecule has 37 heavy (non-hydrogen) atoms. The Balaban J connectivity index is 1.90. The molecule has 17 heteroatoms. The van der Waals surface area contributed by atoms with E-state index in [1.165, 1.54) is 0 Å². The first-order valence-corrected chi connectivity index (χ1v) is 11.6. The quantitative estimate of drug-likeness (QED) is 0.135. The number of carbonyl (C=O) groups excluding carboxylic acids is 1. The molecule has 0 saturated carbocycles. The smallest absolute Gasteiger partial charge is 0.217 e. The maximum atomic E-state index is 11.7. The molecule has 3 rings (SSSR count). The Kier molecular flexibility index (Phi) is 10.5. The van der Waals surface area contributed by atoms with E-state index in [0.29, 0.717) is 0 Å². The summed E-state index contributed by atoms with van der Waals surface area (Å²) in [7, 11) is 0. The van der Waals surface area contributed by atoms with Crippen molar-refractivity contribution in [3.05, 3.63) is 0 Å². The second kappa shape index (κ2) is 12.8. The van der Waals surface area contributed by atoms with Crippen LogP contribution in [-0.2, 0) is 28.5 Å².